The molecule has 41 heavy (non-hydrogen) atoms. The largest absolute Gasteiger partial charge is 0.418 e. The van der Waals surface area contributed by atoms with Crippen molar-refractivity contribution in [3.05, 3.63) is 77.7 Å². The van der Waals surface area contributed by atoms with Crippen LogP contribution in [-0.2, 0) is 12.4 Å². The molecule has 12 heteroatoms. The number of benzene rings is 2. The van der Waals surface area contributed by atoms with Crippen LogP contribution < -0.4 is 5.32 Å². The minimum absolute atomic E-state index is 0.187. The first kappa shape index (κ1) is 28.7. The van der Waals surface area contributed by atoms with Crippen molar-refractivity contribution in [1.29, 1.82) is 0 Å². The van der Waals surface area contributed by atoms with Crippen LogP contribution in [-0.4, -0.2) is 50.7 Å². The van der Waals surface area contributed by atoms with Crippen LogP contribution in [0.1, 0.15) is 42.6 Å². The summed E-state index contributed by atoms with van der Waals surface area (Å²) in [5.41, 5.74) is -1.14. The third-order valence-corrected chi connectivity index (χ3v) is 7.11. The molecule has 0 spiro atoms. The molecule has 1 aliphatic rings. The van der Waals surface area contributed by atoms with Gasteiger partial charge in [-0.1, -0.05) is 13.0 Å². The van der Waals surface area contributed by atoms with E-state index in [1.54, 1.807) is 6.07 Å². The number of hydrogen-bond acceptors (Lipinski definition) is 6. The smallest absolute Gasteiger partial charge is 0.392 e. The van der Waals surface area contributed by atoms with E-state index < -0.39 is 35.5 Å². The normalized spacial score (nSPS) is 18.5. The van der Waals surface area contributed by atoms with Gasteiger partial charge in [0.25, 0.3) is 0 Å². The van der Waals surface area contributed by atoms with Crippen LogP contribution in [0.5, 0.6) is 0 Å². The zero-order chi connectivity index (χ0) is 29.4. The summed E-state index contributed by atoms with van der Waals surface area (Å²) >= 11 is 0. The lowest BCUT2D eigenvalue weighted by molar-refractivity contribution is -0.138. The second-order valence-electron chi connectivity index (χ2n) is 10.0. The average molecular weight is 576 g/mol. The fourth-order valence-electron chi connectivity index (χ4n) is 5.08. The summed E-state index contributed by atoms with van der Waals surface area (Å²) in [6.45, 7) is 4.06. The van der Waals surface area contributed by atoms with Crippen molar-refractivity contribution < 1.29 is 31.4 Å². The maximum atomic E-state index is 13.7. The molecule has 2 aromatic heterocycles. The lowest BCUT2D eigenvalue weighted by atomic mass is 9.93. The van der Waals surface area contributed by atoms with Crippen molar-refractivity contribution in [2.24, 2.45) is 0 Å². The molecule has 2 atom stereocenters. The van der Waals surface area contributed by atoms with Crippen LogP contribution >= 0.6 is 0 Å². The third kappa shape index (κ3) is 6.28. The second kappa shape index (κ2) is 11.2. The molecule has 0 amide bonds. The average Bonchev–Trinajstić information content (AvgIpc) is 2.93. The van der Waals surface area contributed by atoms with Crippen LogP contribution in [0, 0.1) is 0 Å². The predicted molar refractivity (Wildman–Crippen MR) is 143 cm³/mol. The minimum Gasteiger partial charge on any atom is -0.392 e. The molecule has 0 saturated carbocycles. The van der Waals surface area contributed by atoms with E-state index in [2.05, 4.69) is 25.2 Å². The number of piperidine rings is 1. The Bertz CT molecular complexity index is 1520. The molecule has 1 fully saturated rings. The predicted octanol–water partition coefficient (Wildman–Crippen LogP) is 7.03. The number of anilines is 2. The standard InChI is InChI=1S/C29H27F6N5O/c1-2-13-40-14-11-24(41)21(16-40)27-38-23-15-17(25-22(29(33,34)35)4-3-12-36-25)5-10-20(23)26(39-27)37-19-8-6-18(7-9-19)28(30,31)32/h3-10,12,15,21,24,41H,2,11,13-14,16H2,1H3,(H,37,38,39). The Morgan fingerprint density at radius 1 is 0.976 bits per heavy atom. The highest BCUT2D eigenvalue weighted by atomic mass is 19.4. The Labute approximate surface area is 232 Å². The molecule has 2 unspecified atom stereocenters. The molecule has 5 rings (SSSR count). The Morgan fingerprint density at radius 3 is 2.41 bits per heavy atom. The quantitative estimate of drug-likeness (QED) is 0.241. The van der Waals surface area contributed by atoms with E-state index >= 15 is 0 Å². The Kier molecular flexibility index (Phi) is 7.89. The molecule has 3 heterocycles. The number of nitrogens with one attached hydrogen (secondary N) is 1. The third-order valence-electron chi connectivity index (χ3n) is 7.11. The van der Waals surface area contributed by atoms with E-state index in [-0.39, 0.29) is 22.9 Å². The fraction of sp³-hybridized carbons (Fsp3) is 0.345. The first-order valence-corrected chi connectivity index (χ1v) is 13.1. The van der Waals surface area contributed by atoms with Crippen LogP contribution in [0.4, 0.5) is 37.8 Å². The molecule has 2 N–H and O–H groups in total. The number of halogens is 6. The highest BCUT2D eigenvalue weighted by molar-refractivity contribution is 5.93. The summed E-state index contributed by atoms with van der Waals surface area (Å²) < 4.78 is 80.4. The van der Waals surface area contributed by atoms with Gasteiger partial charge in [0.05, 0.1) is 34.4 Å². The lowest BCUT2D eigenvalue weighted by Gasteiger charge is -2.35. The molecule has 4 aromatic rings. The molecule has 1 aliphatic heterocycles. The Hall–Kier alpha value is -3.77. The van der Waals surface area contributed by atoms with Gasteiger partial charge in [0.15, 0.2) is 0 Å². The molecular weight excluding hydrogens is 548 g/mol. The number of pyridine rings is 1. The van der Waals surface area contributed by atoms with Crippen molar-refractivity contribution in [3.8, 4) is 11.3 Å². The van der Waals surface area contributed by atoms with Gasteiger partial charge < -0.3 is 15.3 Å². The highest BCUT2D eigenvalue weighted by Crippen LogP contribution is 2.38. The van der Waals surface area contributed by atoms with E-state index in [9.17, 15) is 31.4 Å². The maximum Gasteiger partial charge on any atom is 0.418 e. The molecular formula is C29H27F6N5O. The number of aliphatic hydroxyl groups is 1. The van der Waals surface area contributed by atoms with Gasteiger partial charge in [-0.15, -0.1) is 0 Å². The van der Waals surface area contributed by atoms with Gasteiger partial charge >= 0.3 is 12.4 Å². The number of rotatable bonds is 6. The number of alkyl halides is 6. The van der Waals surface area contributed by atoms with Gasteiger partial charge in [0.2, 0.25) is 0 Å². The van der Waals surface area contributed by atoms with Gasteiger partial charge in [0, 0.05) is 35.9 Å². The lowest BCUT2D eigenvalue weighted by Crippen LogP contribution is -2.42. The number of hydrogen-bond donors (Lipinski definition) is 2. The van der Waals surface area contributed by atoms with Gasteiger partial charge in [-0.25, -0.2) is 9.97 Å². The summed E-state index contributed by atoms with van der Waals surface area (Å²) in [4.78, 5) is 15.5. The number of aromatic nitrogens is 3. The van der Waals surface area contributed by atoms with E-state index in [0.717, 1.165) is 31.2 Å². The van der Waals surface area contributed by atoms with Crippen LogP contribution in [0.15, 0.2) is 60.8 Å². The van der Waals surface area contributed by atoms with Gasteiger partial charge in [-0.05, 0) is 67.9 Å². The Balaban J connectivity index is 1.62. The topological polar surface area (TPSA) is 74.2 Å². The van der Waals surface area contributed by atoms with Crippen molar-refractivity contribution in [3.63, 3.8) is 0 Å². The number of nitrogens with zero attached hydrogens (tertiary/aromatic N) is 4. The summed E-state index contributed by atoms with van der Waals surface area (Å²) in [6, 6.07) is 11.1. The number of fused-ring (bicyclic) bond motifs is 1. The summed E-state index contributed by atoms with van der Waals surface area (Å²) in [7, 11) is 0. The van der Waals surface area contributed by atoms with Crippen LogP contribution in [0.25, 0.3) is 22.2 Å². The SMILES string of the molecule is CCCN1CCC(O)C(c2nc(Nc3ccc(C(F)(F)F)cc3)c3ccc(-c4ncccc4C(F)(F)F)cc3n2)C1. The molecule has 2 aromatic carbocycles. The zero-order valence-electron chi connectivity index (χ0n) is 22.0. The van der Waals surface area contributed by atoms with E-state index in [0.29, 0.717) is 36.1 Å². The monoisotopic (exact) mass is 575 g/mol. The number of aliphatic hydroxyl groups excluding tert-OH is 1. The van der Waals surface area contributed by atoms with Crippen molar-refractivity contribution in [2.45, 2.75) is 44.1 Å². The van der Waals surface area contributed by atoms with Crippen molar-refractivity contribution in [1.82, 2.24) is 19.9 Å². The van der Waals surface area contributed by atoms with Gasteiger partial charge in [-0.2, -0.15) is 26.3 Å². The molecule has 216 valence electrons. The van der Waals surface area contributed by atoms with Crippen molar-refractivity contribution in [2.75, 3.05) is 25.0 Å². The highest BCUT2D eigenvalue weighted by Gasteiger charge is 2.35. The van der Waals surface area contributed by atoms with Crippen LogP contribution in [0.2, 0.25) is 0 Å². The van der Waals surface area contributed by atoms with E-state index in [1.165, 1.54) is 36.5 Å². The molecule has 6 nitrogen and oxygen atoms in total. The zero-order valence-corrected chi connectivity index (χ0v) is 22.0. The van der Waals surface area contributed by atoms with Crippen LogP contribution in [0.3, 0.4) is 0 Å². The minimum atomic E-state index is -4.63. The first-order chi connectivity index (χ1) is 19.4. The first-order valence-electron chi connectivity index (χ1n) is 13.1. The van der Waals surface area contributed by atoms with Gasteiger partial charge in [0.1, 0.15) is 11.6 Å². The molecule has 0 aliphatic carbocycles. The summed E-state index contributed by atoms with van der Waals surface area (Å²) in [5, 5.41) is 14.3. The van der Waals surface area contributed by atoms with E-state index in [4.69, 9.17) is 0 Å². The summed E-state index contributed by atoms with van der Waals surface area (Å²) in [6.07, 6.45) is -7.17. The Morgan fingerprint density at radius 2 is 1.73 bits per heavy atom. The second-order valence-corrected chi connectivity index (χ2v) is 10.0. The number of likely N-dealkylation sites (tertiary alicyclic amines) is 1. The maximum absolute atomic E-state index is 13.7. The molecule has 0 bridgehead atoms. The van der Waals surface area contributed by atoms with E-state index in [1.807, 2.05) is 6.92 Å². The summed E-state index contributed by atoms with van der Waals surface area (Å²) in [5.74, 6) is 0.0692. The molecule has 1 saturated heterocycles. The molecule has 0 radical (unpaired) electrons. The van der Waals surface area contributed by atoms with Gasteiger partial charge in [-0.3, -0.25) is 4.98 Å². The fourth-order valence-corrected chi connectivity index (χ4v) is 5.08. The van der Waals surface area contributed by atoms with Crippen molar-refractivity contribution >= 4 is 22.4 Å².